The van der Waals surface area contributed by atoms with E-state index in [2.05, 4.69) is 11.1 Å². The van der Waals surface area contributed by atoms with Gasteiger partial charge < -0.3 is 8.98 Å². The van der Waals surface area contributed by atoms with E-state index in [0.717, 1.165) is 39.3 Å². The number of nitrogens with zero attached hydrogens (tertiary/aromatic N) is 3. The molecule has 3 aromatic carbocycles. The van der Waals surface area contributed by atoms with Crippen LogP contribution in [0.3, 0.4) is 0 Å². The number of aromatic nitrogens is 1. The van der Waals surface area contributed by atoms with Crippen molar-refractivity contribution in [3.05, 3.63) is 119 Å². The molecule has 0 aliphatic carbocycles. The molecule has 0 unspecified atom stereocenters. The number of hydrogen-bond donors (Lipinski definition) is 0. The van der Waals surface area contributed by atoms with Crippen molar-refractivity contribution in [3.63, 3.8) is 0 Å². The van der Waals surface area contributed by atoms with Crippen molar-refractivity contribution in [1.82, 2.24) is 4.57 Å². The van der Waals surface area contributed by atoms with Crippen LogP contribution in [-0.2, 0) is 0 Å². The zero-order chi connectivity index (χ0) is 24.4. The van der Waals surface area contributed by atoms with Crippen LogP contribution in [-0.4, -0.2) is 10.8 Å². The molecule has 170 valence electrons. The first-order valence-corrected chi connectivity index (χ1v) is 11.2. The van der Waals surface area contributed by atoms with Gasteiger partial charge >= 0.3 is 0 Å². The molecule has 35 heavy (non-hydrogen) atoms. The van der Waals surface area contributed by atoms with E-state index in [4.69, 9.17) is 4.42 Å². The topological polar surface area (TPSA) is 54.2 Å². The maximum atomic E-state index is 13.4. The Labute approximate surface area is 203 Å². The highest BCUT2D eigenvalue weighted by atomic mass is 19.1. The minimum absolute atomic E-state index is 0.261. The number of nitriles is 1. The highest BCUT2D eigenvalue weighted by molar-refractivity contribution is 5.90. The van der Waals surface area contributed by atoms with Crippen molar-refractivity contribution in [1.29, 1.82) is 5.26 Å². The van der Waals surface area contributed by atoms with Crippen LogP contribution < -0.4 is 0 Å². The second kappa shape index (κ2) is 9.28. The van der Waals surface area contributed by atoms with Crippen LogP contribution in [0, 0.1) is 31.0 Å². The van der Waals surface area contributed by atoms with Crippen molar-refractivity contribution in [3.8, 4) is 34.2 Å². The van der Waals surface area contributed by atoms with Crippen LogP contribution in [0.5, 0.6) is 0 Å². The molecule has 0 saturated carbocycles. The summed E-state index contributed by atoms with van der Waals surface area (Å²) in [6.07, 6.45) is 1.71. The van der Waals surface area contributed by atoms with Gasteiger partial charge in [-0.1, -0.05) is 60.7 Å². The summed E-state index contributed by atoms with van der Waals surface area (Å²) in [4.78, 5) is 4.62. The Hall–Kier alpha value is -4.69. The molecule has 0 N–H and O–H groups in total. The smallest absolute Gasteiger partial charge is 0.238 e. The van der Waals surface area contributed by atoms with Crippen LogP contribution in [0.25, 0.3) is 28.1 Å². The molecule has 0 aliphatic rings. The third-order valence-corrected chi connectivity index (χ3v) is 5.98. The lowest BCUT2D eigenvalue weighted by Gasteiger charge is -2.09. The first kappa shape index (κ1) is 22.1. The summed E-state index contributed by atoms with van der Waals surface area (Å²) in [7, 11) is 0. The zero-order valence-electron chi connectivity index (χ0n) is 19.4. The van der Waals surface area contributed by atoms with Gasteiger partial charge in [0.2, 0.25) is 5.88 Å². The van der Waals surface area contributed by atoms with Crippen molar-refractivity contribution >= 4 is 12.1 Å². The summed E-state index contributed by atoms with van der Waals surface area (Å²) in [6.45, 7) is 3.97. The van der Waals surface area contributed by atoms with Crippen molar-refractivity contribution in [2.45, 2.75) is 13.8 Å². The molecule has 4 nitrogen and oxygen atoms in total. The molecule has 2 heterocycles. The SMILES string of the molecule is Cc1cc(C=Nc2oc(-c3ccccc3)c(-c3ccccc3)c2C#N)c(C)n1-c1ccc(F)cc1. The lowest BCUT2D eigenvalue weighted by Crippen LogP contribution is -1.99. The van der Waals surface area contributed by atoms with E-state index < -0.39 is 0 Å². The fraction of sp³-hybridized carbons (Fsp3) is 0.0667. The van der Waals surface area contributed by atoms with Crippen LogP contribution in [0.4, 0.5) is 10.3 Å². The molecule has 5 aromatic rings. The first-order valence-electron chi connectivity index (χ1n) is 11.2. The van der Waals surface area contributed by atoms with E-state index in [1.807, 2.05) is 85.1 Å². The Bertz CT molecular complexity index is 1550. The molecular formula is C30H22FN3O. The maximum Gasteiger partial charge on any atom is 0.238 e. The predicted octanol–water partition coefficient (Wildman–Crippen LogP) is 7.78. The van der Waals surface area contributed by atoms with Gasteiger partial charge in [0.05, 0.1) is 0 Å². The minimum Gasteiger partial charge on any atom is -0.436 e. The monoisotopic (exact) mass is 459 g/mol. The van der Waals surface area contributed by atoms with Gasteiger partial charge in [-0.3, -0.25) is 0 Å². The van der Waals surface area contributed by atoms with E-state index in [-0.39, 0.29) is 11.7 Å². The highest BCUT2D eigenvalue weighted by Gasteiger charge is 2.22. The molecule has 0 bridgehead atoms. The van der Waals surface area contributed by atoms with E-state index in [1.165, 1.54) is 12.1 Å². The molecule has 5 heteroatoms. The summed E-state index contributed by atoms with van der Waals surface area (Å²) in [5, 5.41) is 10.1. The average molecular weight is 460 g/mol. The fourth-order valence-electron chi connectivity index (χ4n) is 4.32. The standard InChI is InChI=1S/C30H22FN3O/c1-20-17-24(21(2)34(20)26-15-13-25(31)14-16-26)19-33-30-27(18-32)28(22-9-5-3-6-10-22)29(35-30)23-11-7-4-8-12-23/h3-17,19H,1-2H3. The lowest BCUT2D eigenvalue weighted by molar-refractivity contribution is 0.593. The summed E-state index contributed by atoms with van der Waals surface area (Å²) >= 11 is 0. The van der Waals surface area contributed by atoms with E-state index in [9.17, 15) is 9.65 Å². The third kappa shape index (κ3) is 4.18. The van der Waals surface area contributed by atoms with Crippen molar-refractivity contribution in [2.75, 3.05) is 0 Å². The van der Waals surface area contributed by atoms with Crippen molar-refractivity contribution < 1.29 is 8.81 Å². The van der Waals surface area contributed by atoms with Crippen LogP contribution in [0.1, 0.15) is 22.5 Å². The van der Waals surface area contributed by atoms with Gasteiger partial charge in [0.25, 0.3) is 0 Å². The van der Waals surface area contributed by atoms with Gasteiger partial charge in [-0.2, -0.15) is 5.26 Å². The predicted molar refractivity (Wildman–Crippen MR) is 137 cm³/mol. The summed E-state index contributed by atoms with van der Waals surface area (Å²) < 4.78 is 21.6. The summed E-state index contributed by atoms with van der Waals surface area (Å²) in [6, 6.07) is 30.1. The number of hydrogen-bond acceptors (Lipinski definition) is 3. The number of aryl methyl sites for hydroxylation is 1. The molecule has 5 rings (SSSR count). The van der Waals surface area contributed by atoms with Gasteiger partial charge in [0, 0.05) is 40.0 Å². The molecule has 0 fully saturated rings. The molecule has 0 spiro atoms. The van der Waals surface area contributed by atoms with Gasteiger partial charge in [-0.25, -0.2) is 9.38 Å². The van der Waals surface area contributed by atoms with E-state index in [0.29, 0.717) is 11.3 Å². The fourth-order valence-corrected chi connectivity index (χ4v) is 4.32. The number of halogens is 1. The quantitative estimate of drug-likeness (QED) is 0.252. The third-order valence-electron chi connectivity index (χ3n) is 5.98. The molecule has 0 amide bonds. The van der Waals surface area contributed by atoms with Gasteiger partial charge in [-0.05, 0) is 49.7 Å². The van der Waals surface area contributed by atoms with Crippen LogP contribution in [0.2, 0.25) is 0 Å². The Kier molecular flexibility index (Phi) is 5.87. The first-order chi connectivity index (χ1) is 17.1. The maximum absolute atomic E-state index is 13.4. The number of benzene rings is 3. The molecule has 0 saturated heterocycles. The Morgan fingerprint density at radius 3 is 2.14 bits per heavy atom. The highest BCUT2D eigenvalue weighted by Crippen LogP contribution is 2.42. The van der Waals surface area contributed by atoms with Gasteiger partial charge in [0.1, 0.15) is 23.2 Å². The van der Waals surface area contributed by atoms with Crippen LogP contribution >= 0.6 is 0 Å². The van der Waals surface area contributed by atoms with Crippen molar-refractivity contribution in [2.24, 2.45) is 4.99 Å². The number of aliphatic imine (C=N–C) groups is 1. The molecular weight excluding hydrogens is 437 g/mol. The van der Waals surface area contributed by atoms with Gasteiger partial charge in [-0.15, -0.1) is 0 Å². The molecule has 0 aliphatic heterocycles. The second-order valence-corrected chi connectivity index (χ2v) is 8.23. The lowest BCUT2D eigenvalue weighted by atomic mass is 9.98. The van der Waals surface area contributed by atoms with E-state index >= 15 is 0 Å². The summed E-state index contributed by atoms with van der Waals surface area (Å²) in [5.41, 5.74) is 6.58. The molecule has 0 radical (unpaired) electrons. The minimum atomic E-state index is -0.275. The number of rotatable bonds is 5. The van der Waals surface area contributed by atoms with Crippen LogP contribution in [0.15, 0.2) is 100 Å². The molecule has 0 atom stereocenters. The summed E-state index contributed by atoms with van der Waals surface area (Å²) in [5.74, 6) is 0.595. The molecule has 2 aromatic heterocycles. The average Bonchev–Trinajstić information content (AvgIpc) is 3.40. The Balaban J connectivity index is 1.61. The van der Waals surface area contributed by atoms with E-state index in [1.54, 1.807) is 18.3 Å². The second-order valence-electron chi connectivity index (χ2n) is 8.23. The Morgan fingerprint density at radius 1 is 0.886 bits per heavy atom. The normalized spacial score (nSPS) is 11.1. The number of furan rings is 1. The Morgan fingerprint density at radius 2 is 1.51 bits per heavy atom. The largest absolute Gasteiger partial charge is 0.436 e. The zero-order valence-corrected chi connectivity index (χ0v) is 19.4. The van der Waals surface area contributed by atoms with Gasteiger partial charge in [0.15, 0.2) is 0 Å².